The van der Waals surface area contributed by atoms with Crippen molar-refractivity contribution in [1.29, 1.82) is 0 Å². The highest BCUT2D eigenvalue weighted by Gasteiger charge is 2.19. The summed E-state index contributed by atoms with van der Waals surface area (Å²) in [5, 5.41) is 3.34. The van der Waals surface area contributed by atoms with Gasteiger partial charge >= 0.3 is 0 Å². The van der Waals surface area contributed by atoms with E-state index in [-0.39, 0.29) is 0 Å². The predicted molar refractivity (Wildman–Crippen MR) is 50.8 cm³/mol. The van der Waals surface area contributed by atoms with Crippen molar-refractivity contribution in [2.75, 3.05) is 26.3 Å². The first-order valence-electron chi connectivity index (χ1n) is 5.39. The van der Waals surface area contributed by atoms with Gasteiger partial charge in [0.2, 0.25) is 0 Å². The molecule has 2 atom stereocenters. The lowest BCUT2D eigenvalue weighted by Crippen LogP contribution is -2.36. The molecule has 76 valence electrons. The second kappa shape index (κ2) is 4.94. The number of piperidine rings is 1. The molecule has 0 aromatic carbocycles. The van der Waals surface area contributed by atoms with E-state index in [1.807, 2.05) is 0 Å². The van der Waals surface area contributed by atoms with Crippen LogP contribution in [-0.2, 0) is 9.47 Å². The van der Waals surface area contributed by atoms with Gasteiger partial charge in [-0.25, -0.2) is 0 Å². The fourth-order valence-electron chi connectivity index (χ4n) is 1.98. The standard InChI is InChI=1S/C10H19NO2/c1-3-9(7-11-5-1)13-8-10-4-2-6-12-10/h9-11H,1-8H2/t9-,10?/m0/s1. The fourth-order valence-corrected chi connectivity index (χ4v) is 1.98. The molecule has 0 bridgehead atoms. The van der Waals surface area contributed by atoms with E-state index in [4.69, 9.17) is 9.47 Å². The summed E-state index contributed by atoms with van der Waals surface area (Å²) in [5.74, 6) is 0. The normalized spacial score (nSPS) is 35.1. The molecule has 2 aliphatic heterocycles. The average Bonchev–Trinajstić information content (AvgIpc) is 2.69. The van der Waals surface area contributed by atoms with E-state index in [9.17, 15) is 0 Å². The highest BCUT2D eigenvalue weighted by molar-refractivity contribution is 4.71. The number of rotatable bonds is 3. The van der Waals surface area contributed by atoms with Crippen LogP contribution in [0.3, 0.4) is 0 Å². The molecule has 0 aromatic rings. The first-order valence-corrected chi connectivity index (χ1v) is 5.39. The Labute approximate surface area is 79.8 Å². The summed E-state index contributed by atoms with van der Waals surface area (Å²) in [5.41, 5.74) is 0. The van der Waals surface area contributed by atoms with Crippen molar-refractivity contribution >= 4 is 0 Å². The summed E-state index contributed by atoms with van der Waals surface area (Å²) >= 11 is 0. The summed E-state index contributed by atoms with van der Waals surface area (Å²) < 4.78 is 11.3. The van der Waals surface area contributed by atoms with Crippen LogP contribution >= 0.6 is 0 Å². The van der Waals surface area contributed by atoms with Gasteiger partial charge in [0.1, 0.15) is 0 Å². The number of nitrogens with one attached hydrogen (secondary N) is 1. The molecule has 3 heteroatoms. The van der Waals surface area contributed by atoms with Gasteiger partial charge in [0, 0.05) is 13.2 Å². The molecule has 0 aromatic heterocycles. The SMILES string of the molecule is C1COC(CO[C@H]2CCCNC2)C1. The van der Waals surface area contributed by atoms with Gasteiger partial charge in [-0.15, -0.1) is 0 Å². The molecular weight excluding hydrogens is 166 g/mol. The molecule has 0 amide bonds. The quantitative estimate of drug-likeness (QED) is 0.709. The van der Waals surface area contributed by atoms with Gasteiger partial charge < -0.3 is 14.8 Å². The van der Waals surface area contributed by atoms with Crippen molar-refractivity contribution in [2.24, 2.45) is 0 Å². The number of hydrogen-bond acceptors (Lipinski definition) is 3. The molecule has 3 nitrogen and oxygen atoms in total. The average molecular weight is 185 g/mol. The molecule has 2 saturated heterocycles. The zero-order chi connectivity index (χ0) is 8.93. The summed E-state index contributed by atoms with van der Waals surface area (Å²) in [4.78, 5) is 0. The van der Waals surface area contributed by atoms with Crippen LogP contribution in [-0.4, -0.2) is 38.5 Å². The minimum Gasteiger partial charge on any atom is -0.376 e. The van der Waals surface area contributed by atoms with Crippen molar-refractivity contribution in [3.05, 3.63) is 0 Å². The van der Waals surface area contributed by atoms with E-state index in [0.29, 0.717) is 12.2 Å². The molecule has 2 fully saturated rings. The Hall–Kier alpha value is -0.120. The van der Waals surface area contributed by atoms with E-state index in [1.165, 1.54) is 25.7 Å². The molecule has 13 heavy (non-hydrogen) atoms. The maximum atomic E-state index is 5.78. The minimum absolute atomic E-state index is 0.377. The van der Waals surface area contributed by atoms with Gasteiger partial charge in [0.05, 0.1) is 18.8 Å². The van der Waals surface area contributed by atoms with Crippen molar-refractivity contribution in [3.63, 3.8) is 0 Å². The first-order chi connectivity index (χ1) is 6.45. The molecule has 1 unspecified atom stereocenters. The number of ether oxygens (including phenoxy) is 2. The molecule has 0 saturated carbocycles. The smallest absolute Gasteiger partial charge is 0.0809 e. The topological polar surface area (TPSA) is 30.5 Å². The lowest BCUT2D eigenvalue weighted by Gasteiger charge is -2.24. The minimum atomic E-state index is 0.377. The zero-order valence-electron chi connectivity index (χ0n) is 8.13. The van der Waals surface area contributed by atoms with Crippen molar-refractivity contribution in [2.45, 2.75) is 37.9 Å². The van der Waals surface area contributed by atoms with Crippen molar-refractivity contribution < 1.29 is 9.47 Å². The van der Waals surface area contributed by atoms with Crippen molar-refractivity contribution in [3.8, 4) is 0 Å². The van der Waals surface area contributed by atoms with Crippen LogP contribution in [0.25, 0.3) is 0 Å². The van der Waals surface area contributed by atoms with Crippen LogP contribution in [0.2, 0.25) is 0 Å². The Morgan fingerprint density at radius 2 is 2.31 bits per heavy atom. The van der Waals surface area contributed by atoms with Gasteiger partial charge in [-0.05, 0) is 32.2 Å². The van der Waals surface area contributed by atoms with Gasteiger partial charge in [0.15, 0.2) is 0 Å². The fraction of sp³-hybridized carbons (Fsp3) is 1.00. The Morgan fingerprint density at radius 1 is 1.31 bits per heavy atom. The number of hydrogen-bond donors (Lipinski definition) is 1. The largest absolute Gasteiger partial charge is 0.376 e. The first kappa shape index (κ1) is 9.44. The Bertz CT molecular complexity index is 140. The molecule has 2 aliphatic rings. The molecule has 2 heterocycles. The molecule has 0 spiro atoms. The zero-order valence-corrected chi connectivity index (χ0v) is 8.13. The van der Waals surface area contributed by atoms with Gasteiger partial charge in [0.25, 0.3) is 0 Å². The van der Waals surface area contributed by atoms with Crippen LogP contribution < -0.4 is 5.32 Å². The van der Waals surface area contributed by atoms with E-state index >= 15 is 0 Å². The van der Waals surface area contributed by atoms with Crippen LogP contribution in [0.15, 0.2) is 0 Å². The summed E-state index contributed by atoms with van der Waals surface area (Å²) in [7, 11) is 0. The van der Waals surface area contributed by atoms with E-state index in [2.05, 4.69) is 5.32 Å². The summed E-state index contributed by atoms with van der Waals surface area (Å²) in [6.07, 6.45) is 5.65. The lowest BCUT2D eigenvalue weighted by molar-refractivity contribution is -0.0274. The Morgan fingerprint density at radius 3 is 3.00 bits per heavy atom. The third-order valence-corrected chi connectivity index (χ3v) is 2.79. The predicted octanol–water partition coefficient (Wildman–Crippen LogP) is 0.934. The highest BCUT2D eigenvalue weighted by Crippen LogP contribution is 2.14. The second-order valence-corrected chi connectivity index (χ2v) is 3.94. The molecule has 2 rings (SSSR count). The molecule has 0 aliphatic carbocycles. The van der Waals surface area contributed by atoms with E-state index in [1.54, 1.807) is 0 Å². The van der Waals surface area contributed by atoms with Gasteiger partial charge in [-0.2, -0.15) is 0 Å². The summed E-state index contributed by atoms with van der Waals surface area (Å²) in [6, 6.07) is 0. The molecule has 0 radical (unpaired) electrons. The van der Waals surface area contributed by atoms with Crippen LogP contribution in [0, 0.1) is 0 Å². The highest BCUT2D eigenvalue weighted by atomic mass is 16.5. The Kier molecular flexibility index (Phi) is 3.58. The van der Waals surface area contributed by atoms with E-state index in [0.717, 1.165) is 26.3 Å². The van der Waals surface area contributed by atoms with Crippen molar-refractivity contribution in [1.82, 2.24) is 5.32 Å². The lowest BCUT2D eigenvalue weighted by atomic mass is 10.1. The monoisotopic (exact) mass is 185 g/mol. The van der Waals surface area contributed by atoms with Crippen LogP contribution in [0.4, 0.5) is 0 Å². The third kappa shape index (κ3) is 2.93. The second-order valence-electron chi connectivity index (χ2n) is 3.94. The third-order valence-electron chi connectivity index (χ3n) is 2.79. The maximum Gasteiger partial charge on any atom is 0.0809 e. The van der Waals surface area contributed by atoms with Gasteiger partial charge in [-0.1, -0.05) is 0 Å². The van der Waals surface area contributed by atoms with Gasteiger partial charge in [-0.3, -0.25) is 0 Å². The van der Waals surface area contributed by atoms with Crippen LogP contribution in [0.5, 0.6) is 0 Å². The molecule has 1 N–H and O–H groups in total. The summed E-state index contributed by atoms with van der Waals surface area (Å²) in [6.45, 7) is 3.90. The Balaban J connectivity index is 1.60. The molecular formula is C10H19NO2. The maximum absolute atomic E-state index is 5.78. The van der Waals surface area contributed by atoms with E-state index < -0.39 is 0 Å². The van der Waals surface area contributed by atoms with Crippen LogP contribution in [0.1, 0.15) is 25.7 Å².